The molecule has 0 radical (unpaired) electrons. The van der Waals surface area contributed by atoms with Gasteiger partial charge in [0.1, 0.15) is 24.4 Å². The number of alkyl halides is 3. The van der Waals surface area contributed by atoms with Crippen molar-refractivity contribution in [3.8, 4) is 0 Å². The molecule has 6 nitrogen and oxygen atoms in total. The Hall–Kier alpha value is -3.53. The molecule has 10 heteroatoms. The molecule has 2 aliphatic rings. The van der Waals surface area contributed by atoms with Crippen molar-refractivity contribution in [3.63, 3.8) is 0 Å². The number of anilines is 2. The molecular formula is C21H17F4N3O3. The number of hydrogen-bond acceptors (Lipinski definition) is 5. The molecule has 4 rings (SSSR count). The van der Waals surface area contributed by atoms with Gasteiger partial charge >= 0.3 is 6.18 Å². The quantitative estimate of drug-likeness (QED) is 0.624. The number of rotatable bonds is 2. The number of dihydropyridines is 1. The maximum Gasteiger partial charge on any atom is 0.416 e. The maximum absolute atomic E-state index is 13.6. The number of carbonyl (C=O) groups is 1. The highest BCUT2D eigenvalue weighted by molar-refractivity contribution is 6.04. The maximum atomic E-state index is 13.6. The largest absolute Gasteiger partial charge is 0.493 e. The highest BCUT2D eigenvalue weighted by Gasteiger charge is 2.37. The van der Waals surface area contributed by atoms with Crippen molar-refractivity contribution in [1.82, 2.24) is 10.2 Å². The number of benzene rings is 2. The van der Waals surface area contributed by atoms with Crippen LogP contribution in [0, 0.1) is 12.7 Å². The monoisotopic (exact) mass is 435 g/mol. The summed E-state index contributed by atoms with van der Waals surface area (Å²) in [6, 6.07) is 6.58. The average Bonchev–Trinajstić information content (AvgIpc) is 2.68. The zero-order chi connectivity index (χ0) is 22.5. The molecule has 0 aromatic heterocycles. The van der Waals surface area contributed by atoms with E-state index in [1.54, 1.807) is 6.92 Å². The zero-order valence-corrected chi connectivity index (χ0v) is 16.1. The van der Waals surface area contributed by atoms with Gasteiger partial charge in [0.25, 0.3) is 5.91 Å². The third kappa shape index (κ3) is 3.70. The molecule has 0 spiro atoms. The summed E-state index contributed by atoms with van der Waals surface area (Å²) in [7, 11) is 0. The van der Waals surface area contributed by atoms with E-state index in [0.29, 0.717) is 11.3 Å². The zero-order valence-electron chi connectivity index (χ0n) is 16.1. The van der Waals surface area contributed by atoms with Crippen molar-refractivity contribution in [3.05, 3.63) is 82.6 Å². The fourth-order valence-corrected chi connectivity index (χ4v) is 3.59. The van der Waals surface area contributed by atoms with Crippen LogP contribution in [0.5, 0.6) is 0 Å². The van der Waals surface area contributed by atoms with E-state index in [1.807, 2.05) is 0 Å². The normalized spacial score (nSPS) is 18.9. The van der Waals surface area contributed by atoms with Gasteiger partial charge in [-0.2, -0.15) is 13.2 Å². The lowest BCUT2D eigenvalue weighted by Gasteiger charge is -2.40. The van der Waals surface area contributed by atoms with Crippen LogP contribution >= 0.6 is 0 Å². The molecule has 3 N–H and O–H groups in total. The summed E-state index contributed by atoms with van der Waals surface area (Å²) in [6.07, 6.45) is -3.14. The van der Waals surface area contributed by atoms with Crippen molar-refractivity contribution in [2.45, 2.75) is 19.3 Å². The second-order valence-corrected chi connectivity index (χ2v) is 7.15. The van der Waals surface area contributed by atoms with Gasteiger partial charge in [0.15, 0.2) is 0 Å². The van der Waals surface area contributed by atoms with Crippen LogP contribution in [0.1, 0.15) is 21.5 Å². The number of allylic oxidation sites excluding steroid dienone is 1. The number of nitrogens with one attached hydrogen (secondary N) is 1. The molecule has 162 valence electrons. The van der Waals surface area contributed by atoms with E-state index < -0.39 is 35.6 Å². The standard InChI is InChI=1S/C21H17F4N3O3/c1-11-8-13(22)3-5-15(11)27-10-28(16-6-7-18(29)26-19(16)30)20(31)14-4-2-12(9-17(14)27)21(23,24)25/h2-9,18,26,29-30H,10H2,1H3. The topological polar surface area (TPSA) is 76.0 Å². The third-order valence-electron chi connectivity index (χ3n) is 5.08. The predicted octanol–water partition coefficient (Wildman–Crippen LogP) is 3.91. The number of amides is 1. The molecule has 2 aromatic rings. The van der Waals surface area contributed by atoms with Crippen molar-refractivity contribution in [2.75, 3.05) is 11.6 Å². The van der Waals surface area contributed by atoms with E-state index in [1.165, 1.54) is 35.3 Å². The van der Waals surface area contributed by atoms with Crippen LogP contribution in [0.3, 0.4) is 0 Å². The summed E-state index contributed by atoms with van der Waals surface area (Å²) in [4.78, 5) is 15.7. The van der Waals surface area contributed by atoms with Crippen molar-refractivity contribution in [1.29, 1.82) is 0 Å². The van der Waals surface area contributed by atoms with Crippen LogP contribution in [-0.4, -0.2) is 33.9 Å². The fraction of sp³-hybridized carbons (Fsp3) is 0.190. The van der Waals surface area contributed by atoms with Crippen LogP contribution in [0.25, 0.3) is 0 Å². The minimum atomic E-state index is -4.62. The van der Waals surface area contributed by atoms with Crippen LogP contribution in [0.4, 0.5) is 28.9 Å². The van der Waals surface area contributed by atoms with E-state index in [9.17, 15) is 32.6 Å². The lowest BCUT2D eigenvalue weighted by Crippen LogP contribution is -2.46. The summed E-state index contributed by atoms with van der Waals surface area (Å²) < 4.78 is 53.6. The molecule has 0 saturated carbocycles. The van der Waals surface area contributed by atoms with E-state index in [-0.39, 0.29) is 23.6 Å². The van der Waals surface area contributed by atoms with Gasteiger partial charge in [0.05, 0.1) is 16.8 Å². The second kappa shape index (κ2) is 7.31. The molecular weight excluding hydrogens is 418 g/mol. The van der Waals surface area contributed by atoms with E-state index in [2.05, 4.69) is 5.32 Å². The number of nitrogens with zero attached hydrogens (tertiary/aromatic N) is 2. The number of hydrogen-bond donors (Lipinski definition) is 3. The summed E-state index contributed by atoms with van der Waals surface area (Å²) >= 11 is 0. The average molecular weight is 435 g/mol. The Morgan fingerprint density at radius 3 is 2.48 bits per heavy atom. The summed E-state index contributed by atoms with van der Waals surface area (Å²) in [5, 5.41) is 22.1. The molecule has 31 heavy (non-hydrogen) atoms. The number of fused-ring (bicyclic) bond motifs is 1. The minimum absolute atomic E-state index is 0.0126. The Kier molecular flexibility index (Phi) is 4.89. The van der Waals surface area contributed by atoms with E-state index >= 15 is 0 Å². The number of aliphatic hydroxyl groups excluding tert-OH is 2. The second-order valence-electron chi connectivity index (χ2n) is 7.15. The van der Waals surface area contributed by atoms with Crippen LogP contribution in [-0.2, 0) is 6.18 Å². The third-order valence-corrected chi connectivity index (χ3v) is 5.08. The van der Waals surface area contributed by atoms with Gasteiger partial charge in [-0.3, -0.25) is 9.69 Å². The predicted molar refractivity (Wildman–Crippen MR) is 104 cm³/mol. The molecule has 1 atom stereocenters. The Labute approximate surface area is 174 Å². The highest BCUT2D eigenvalue weighted by atomic mass is 19.4. The lowest BCUT2D eigenvalue weighted by atomic mass is 10.0. The van der Waals surface area contributed by atoms with Crippen molar-refractivity contribution in [2.24, 2.45) is 0 Å². The van der Waals surface area contributed by atoms with Gasteiger partial charge in [-0.05, 0) is 61.0 Å². The summed E-state index contributed by atoms with van der Waals surface area (Å²) in [6.45, 7) is 1.35. The molecule has 0 aliphatic carbocycles. The van der Waals surface area contributed by atoms with Gasteiger partial charge < -0.3 is 20.4 Å². The van der Waals surface area contributed by atoms with Crippen molar-refractivity contribution < 1.29 is 32.6 Å². The Balaban J connectivity index is 1.89. The van der Waals surface area contributed by atoms with Gasteiger partial charge in [0, 0.05) is 5.69 Å². The number of aryl methyl sites for hydroxylation is 1. The number of aliphatic hydroxyl groups is 2. The summed E-state index contributed by atoms with van der Waals surface area (Å²) in [5.74, 6) is -1.61. The van der Waals surface area contributed by atoms with E-state index in [4.69, 9.17) is 0 Å². The number of halogens is 4. The smallest absolute Gasteiger partial charge is 0.416 e. The molecule has 0 saturated heterocycles. The molecule has 0 bridgehead atoms. The first-order chi connectivity index (χ1) is 14.6. The first-order valence-corrected chi connectivity index (χ1v) is 9.19. The van der Waals surface area contributed by atoms with Gasteiger partial charge in [-0.25, -0.2) is 4.39 Å². The summed E-state index contributed by atoms with van der Waals surface area (Å²) in [5.41, 5.74) is -0.0651. The molecule has 1 amide bonds. The van der Waals surface area contributed by atoms with Gasteiger partial charge in [0.2, 0.25) is 5.88 Å². The first-order valence-electron chi connectivity index (χ1n) is 9.19. The van der Waals surface area contributed by atoms with Crippen LogP contribution in [0.15, 0.2) is 60.1 Å². The van der Waals surface area contributed by atoms with Crippen LogP contribution < -0.4 is 10.2 Å². The van der Waals surface area contributed by atoms with E-state index in [0.717, 1.165) is 23.1 Å². The Morgan fingerprint density at radius 1 is 1.10 bits per heavy atom. The molecule has 1 unspecified atom stereocenters. The molecule has 2 heterocycles. The van der Waals surface area contributed by atoms with Gasteiger partial charge in [-0.15, -0.1) is 0 Å². The Morgan fingerprint density at radius 2 is 1.84 bits per heavy atom. The Bertz CT molecular complexity index is 1130. The number of carbonyl (C=O) groups excluding carboxylic acids is 1. The minimum Gasteiger partial charge on any atom is -0.493 e. The first kappa shape index (κ1) is 20.7. The van der Waals surface area contributed by atoms with Crippen LogP contribution in [0.2, 0.25) is 0 Å². The molecule has 0 fully saturated rings. The highest BCUT2D eigenvalue weighted by Crippen LogP contribution is 2.40. The van der Waals surface area contributed by atoms with Gasteiger partial charge in [-0.1, -0.05) is 0 Å². The van der Waals surface area contributed by atoms with Crippen molar-refractivity contribution >= 4 is 17.3 Å². The SMILES string of the molecule is Cc1cc(F)ccc1N1CN(C2=C(O)NC(O)C=C2)C(=O)c2ccc(C(F)(F)F)cc21. The lowest BCUT2D eigenvalue weighted by molar-refractivity contribution is -0.137. The fourth-order valence-electron chi connectivity index (χ4n) is 3.59. The molecule has 2 aliphatic heterocycles. The molecule has 2 aromatic carbocycles.